The van der Waals surface area contributed by atoms with Gasteiger partial charge in [0.25, 0.3) is 0 Å². The van der Waals surface area contributed by atoms with Crippen molar-refractivity contribution in [3.8, 4) is 0 Å². The minimum atomic E-state index is -4.61. The van der Waals surface area contributed by atoms with E-state index in [4.69, 9.17) is 19.2 Å². The second-order valence-electron chi connectivity index (χ2n) is 0.600. The molecular weight excluding hydrogens is 564 g/mol. The van der Waals surface area contributed by atoms with Crippen molar-refractivity contribution in [1.82, 2.24) is 0 Å². The quantitative estimate of drug-likeness (QED) is 0.242. The maximum atomic E-state index is 7.33. The van der Waals surface area contributed by atoms with Crippen molar-refractivity contribution < 1.29 is 138 Å². The SMILES string of the molecule is O[Si](O)(O)O.[Ce].[Gd].[Lu]. The molecule has 8 heavy (non-hydrogen) atoms. The molecule has 0 rings (SSSR count). The monoisotopic (exact) mass is 569 g/mol. The van der Waals surface area contributed by atoms with Crippen LogP contribution in [0.5, 0.6) is 0 Å². The third-order valence-electron chi connectivity index (χ3n) is 0. The van der Waals surface area contributed by atoms with Gasteiger partial charge in [-0.15, -0.1) is 0 Å². The van der Waals surface area contributed by atoms with E-state index in [2.05, 4.69) is 0 Å². The van der Waals surface area contributed by atoms with Gasteiger partial charge in [0.05, 0.1) is 0 Å². The maximum Gasteiger partial charge on any atom is 0.668 e. The van der Waals surface area contributed by atoms with Crippen LogP contribution < -0.4 is 0 Å². The standard InChI is InChI=1S/Ce.Gd.Lu.H4O4Si/c;;;1-5(2,3)4/h;;;1-4H. The Labute approximate surface area is 143 Å². The van der Waals surface area contributed by atoms with Gasteiger partial charge in [0, 0.05) is 119 Å². The molecule has 1 radical (unpaired) electrons. The zero-order valence-corrected chi connectivity index (χ0v) is 11.5. The van der Waals surface area contributed by atoms with Crippen LogP contribution in [0.4, 0.5) is 0 Å². The molecule has 4 nitrogen and oxygen atoms in total. The molecule has 0 aromatic rings. The van der Waals surface area contributed by atoms with Gasteiger partial charge in [0.2, 0.25) is 0 Å². The van der Waals surface area contributed by atoms with Gasteiger partial charge in [-0.05, 0) is 0 Å². The van der Waals surface area contributed by atoms with Crippen LogP contribution in [0.1, 0.15) is 0 Å². The van der Waals surface area contributed by atoms with Crippen LogP contribution in [-0.4, -0.2) is 28.2 Å². The summed E-state index contributed by atoms with van der Waals surface area (Å²) in [5.74, 6) is 0. The summed E-state index contributed by atoms with van der Waals surface area (Å²) in [5.41, 5.74) is 0. The van der Waals surface area contributed by atoms with Gasteiger partial charge in [-0.3, -0.25) is 0 Å². The van der Waals surface area contributed by atoms with Gasteiger partial charge in [-0.1, -0.05) is 0 Å². The zero-order chi connectivity index (χ0) is 4.50. The second-order valence-corrected chi connectivity index (χ2v) is 1.80. The molecule has 0 saturated carbocycles. The van der Waals surface area contributed by atoms with Crippen molar-refractivity contribution in [2.45, 2.75) is 0 Å². The second kappa shape index (κ2) is 11.0. The summed E-state index contributed by atoms with van der Waals surface area (Å²) in [7, 11) is -4.61. The Morgan fingerprint density at radius 3 is 0.875 bits per heavy atom. The Hall–Kier alpha value is 3.99. The largest absolute Gasteiger partial charge is 0.668 e. The zero-order valence-electron chi connectivity index (χ0n) is 3.40. The predicted molar refractivity (Wildman–Crippen MR) is 14.6 cm³/mol. The minimum Gasteiger partial charge on any atom is -0.368 e. The van der Waals surface area contributed by atoms with Crippen molar-refractivity contribution >= 4 is 9.05 Å². The van der Waals surface area contributed by atoms with Gasteiger partial charge in [0.15, 0.2) is 0 Å². The van der Waals surface area contributed by atoms with E-state index in [1.54, 1.807) is 0 Å². The van der Waals surface area contributed by atoms with Crippen molar-refractivity contribution in [1.29, 1.82) is 0 Å². The van der Waals surface area contributed by atoms with Crippen molar-refractivity contribution in [3.63, 3.8) is 0 Å². The molecule has 0 spiro atoms. The van der Waals surface area contributed by atoms with E-state index in [0.29, 0.717) is 0 Å². The van der Waals surface area contributed by atoms with E-state index in [-0.39, 0.29) is 119 Å². The van der Waals surface area contributed by atoms with Crippen molar-refractivity contribution in [3.05, 3.63) is 0 Å². The molecule has 0 amide bonds. The fourth-order valence-corrected chi connectivity index (χ4v) is 0. The Bertz CT molecular complexity index is 31.5. The average molecular weight is 568 g/mol. The summed E-state index contributed by atoms with van der Waals surface area (Å²) in [4.78, 5) is 29.3. The minimum absolute atomic E-state index is 0. The van der Waals surface area contributed by atoms with Gasteiger partial charge in [0.1, 0.15) is 0 Å². The van der Waals surface area contributed by atoms with Gasteiger partial charge >= 0.3 is 9.05 Å². The summed E-state index contributed by atoms with van der Waals surface area (Å²) in [6.07, 6.45) is 0. The summed E-state index contributed by atoms with van der Waals surface area (Å²) in [5, 5.41) is 0. The topological polar surface area (TPSA) is 80.9 Å². The molecule has 0 aliphatic carbocycles. The Balaban J connectivity index is -0.0000000267. The first-order chi connectivity index (χ1) is 2.00. The van der Waals surface area contributed by atoms with Crippen LogP contribution in [0.3, 0.4) is 0 Å². The molecule has 0 bridgehead atoms. The molecule has 0 aliphatic rings. The fourth-order valence-electron chi connectivity index (χ4n) is 0. The van der Waals surface area contributed by atoms with Crippen molar-refractivity contribution in [2.75, 3.05) is 0 Å². The molecule has 0 unspecified atom stereocenters. The predicted octanol–water partition coefficient (Wildman–Crippen LogP) is -2.61. The molecule has 0 fully saturated rings. The number of rotatable bonds is 0. The Kier molecular flexibility index (Phi) is 31.2. The Morgan fingerprint density at radius 2 is 0.875 bits per heavy atom. The first-order valence-corrected chi connectivity index (χ1v) is 2.68. The smallest absolute Gasteiger partial charge is 0.368 e. The average Bonchev–Trinajstić information content (AvgIpc) is 0.722. The molecule has 4 N–H and O–H groups in total. The van der Waals surface area contributed by atoms with Crippen molar-refractivity contribution in [2.24, 2.45) is 0 Å². The molecule has 0 aliphatic heterocycles. The van der Waals surface area contributed by atoms with Gasteiger partial charge in [-0.2, -0.15) is 0 Å². The van der Waals surface area contributed by atoms with Gasteiger partial charge < -0.3 is 19.2 Å². The van der Waals surface area contributed by atoms with Crippen LogP contribution in [0.2, 0.25) is 0 Å². The van der Waals surface area contributed by atoms with Crippen LogP contribution in [0, 0.1) is 119 Å². The van der Waals surface area contributed by atoms with Gasteiger partial charge in [-0.25, -0.2) is 0 Å². The summed E-state index contributed by atoms with van der Waals surface area (Å²) >= 11 is 0. The maximum absolute atomic E-state index is 7.33. The molecule has 0 aromatic carbocycles. The first kappa shape index (κ1) is 22.7. The van der Waals surface area contributed by atoms with E-state index in [9.17, 15) is 0 Å². The third kappa shape index (κ3) is 50.7. The molecule has 59 valence electrons. The number of hydrogen-bond acceptors (Lipinski definition) is 4. The first-order valence-electron chi connectivity index (χ1n) is 0.894. The molecule has 0 aromatic heterocycles. The number of hydrogen-bond donors (Lipinski definition) is 4. The molecule has 8 heteroatoms. The van der Waals surface area contributed by atoms with E-state index in [1.807, 2.05) is 0 Å². The van der Waals surface area contributed by atoms with Crippen LogP contribution in [-0.2, 0) is 0 Å². The fraction of sp³-hybridized carbons (Fsp3) is 0. The van der Waals surface area contributed by atoms with E-state index < -0.39 is 9.05 Å². The molecule has 0 heterocycles. The Morgan fingerprint density at radius 1 is 0.875 bits per heavy atom. The summed E-state index contributed by atoms with van der Waals surface area (Å²) in [6.45, 7) is 0. The summed E-state index contributed by atoms with van der Waals surface area (Å²) in [6, 6.07) is 0. The molecule has 0 saturated heterocycles. The van der Waals surface area contributed by atoms with E-state index in [0.717, 1.165) is 0 Å². The third-order valence-corrected chi connectivity index (χ3v) is 0. The van der Waals surface area contributed by atoms with Crippen LogP contribution >= 0.6 is 0 Å². The molecular formula is H4CeGdLuO4Si. The summed E-state index contributed by atoms with van der Waals surface area (Å²) < 4.78 is 0. The van der Waals surface area contributed by atoms with Crippen LogP contribution in [0.25, 0.3) is 0 Å². The molecule has 0 atom stereocenters. The van der Waals surface area contributed by atoms with Crippen LogP contribution in [0.15, 0.2) is 0 Å². The van der Waals surface area contributed by atoms with E-state index >= 15 is 0 Å². The normalized spacial score (nSPS) is 7.50. The van der Waals surface area contributed by atoms with E-state index in [1.165, 1.54) is 0 Å².